The fraction of sp³-hybridized carbons (Fsp3) is 0.364. The minimum atomic E-state index is -0.627. The topological polar surface area (TPSA) is 104 Å². The van der Waals surface area contributed by atoms with Crippen molar-refractivity contribution in [3.05, 3.63) is 72.4 Å². The summed E-state index contributed by atoms with van der Waals surface area (Å²) in [5.41, 5.74) is -0.748. The highest BCUT2D eigenvalue weighted by molar-refractivity contribution is 5.76. The Morgan fingerprint density at radius 1 is 1.00 bits per heavy atom. The molecule has 0 aliphatic heterocycles. The van der Waals surface area contributed by atoms with E-state index in [1.54, 1.807) is 12.1 Å². The van der Waals surface area contributed by atoms with E-state index < -0.39 is 22.6 Å². The smallest absolute Gasteiger partial charge is 0.332 e. The van der Waals surface area contributed by atoms with Gasteiger partial charge in [0.05, 0.1) is 12.1 Å². The average molecular weight is 441 g/mol. The lowest BCUT2D eigenvalue weighted by Crippen LogP contribution is -2.37. The van der Waals surface area contributed by atoms with Crippen LogP contribution in [-0.2, 0) is 27.1 Å². The van der Waals surface area contributed by atoms with E-state index in [1.807, 2.05) is 6.92 Å². The van der Waals surface area contributed by atoms with Gasteiger partial charge in [0.1, 0.15) is 5.82 Å². The van der Waals surface area contributed by atoms with E-state index >= 15 is 0 Å². The number of halogens is 1. The van der Waals surface area contributed by atoms with E-state index in [-0.39, 0.29) is 34.9 Å². The van der Waals surface area contributed by atoms with Gasteiger partial charge in [0, 0.05) is 14.1 Å². The second-order valence-electron chi connectivity index (χ2n) is 7.90. The lowest BCUT2D eigenvalue weighted by molar-refractivity contribution is 0.432. The zero-order chi connectivity index (χ0) is 23.2. The van der Waals surface area contributed by atoms with Crippen molar-refractivity contribution < 1.29 is 9.50 Å². The first-order valence-corrected chi connectivity index (χ1v) is 10.4. The summed E-state index contributed by atoms with van der Waals surface area (Å²) in [4.78, 5) is 43.1. The molecule has 9 nitrogen and oxygen atoms in total. The van der Waals surface area contributed by atoms with Gasteiger partial charge in [-0.3, -0.25) is 23.3 Å². The monoisotopic (exact) mass is 441 g/mol. The van der Waals surface area contributed by atoms with Gasteiger partial charge in [-0.15, -0.1) is 0 Å². The zero-order valence-electron chi connectivity index (χ0n) is 18.1. The number of fused-ring (bicyclic) bond motifs is 3. The largest absolute Gasteiger partial charge is 0.494 e. The lowest BCUT2D eigenvalue weighted by Gasteiger charge is -2.13. The molecule has 0 aliphatic carbocycles. The molecule has 0 aliphatic rings. The summed E-state index contributed by atoms with van der Waals surface area (Å²) in [5.74, 6) is -0.721. The maximum atomic E-state index is 13.4. The Morgan fingerprint density at radius 3 is 2.34 bits per heavy atom. The number of unbranched alkanes of at least 4 members (excludes halogenated alkanes) is 2. The van der Waals surface area contributed by atoms with E-state index in [2.05, 4.69) is 4.98 Å². The number of aromatic nitrogens is 5. The Balaban J connectivity index is 2.10. The van der Waals surface area contributed by atoms with Gasteiger partial charge < -0.3 is 5.11 Å². The van der Waals surface area contributed by atoms with Crippen LogP contribution in [0.25, 0.3) is 16.9 Å². The van der Waals surface area contributed by atoms with Crippen LogP contribution in [0.3, 0.4) is 0 Å². The summed E-state index contributed by atoms with van der Waals surface area (Å²) in [7, 11) is 2.81. The second kappa shape index (κ2) is 8.10. The highest BCUT2D eigenvalue weighted by Crippen LogP contribution is 2.23. The quantitative estimate of drug-likeness (QED) is 0.459. The fourth-order valence-electron chi connectivity index (χ4n) is 3.94. The van der Waals surface area contributed by atoms with Crippen LogP contribution in [0.15, 0.2) is 38.6 Å². The number of nitrogens with zero attached hydrogens (tertiary/aromatic N) is 5. The Labute approximate surface area is 181 Å². The van der Waals surface area contributed by atoms with Crippen molar-refractivity contribution >= 4 is 16.9 Å². The first-order valence-electron chi connectivity index (χ1n) is 10.4. The highest BCUT2D eigenvalue weighted by atomic mass is 19.1. The Hall–Kier alpha value is -3.69. The van der Waals surface area contributed by atoms with E-state index in [1.165, 1.54) is 39.8 Å². The van der Waals surface area contributed by atoms with Gasteiger partial charge in [-0.2, -0.15) is 4.98 Å². The summed E-state index contributed by atoms with van der Waals surface area (Å²) in [6.45, 7) is 2.09. The number of aryl methyl sites for hydroxylation is 1. The summed E-state index contributed by atoms with van der Waals surface area (Å²) in [5, 5.41) is 11.0. The van der Waals surface area contributed by atoms with Gasteiger partial charge in [-0.05, 0) is 30.5 Å². The molecule has 4 aromatic rings. The highest BCUT2D eigenvalue weighted by Gasteiger charge is 2.24. The summed E-state index contributed by atoms with van der Waals surface area (Å²) >= 11 is 0. The number of rotatable bonds is 6. The van der Waals surface area contributed by atoms with Gasteiger partial charge in [-0.25, -0.2) is 13.6 Å². The molecule has 168 valence electrons. The summed E-state index contributed by atoms with van der Waals surface area (Å²) in [6.07, 6.45) is 2.81. The Morgan fingerprint density at radius 2 is 1.69 bits per heavy atom. The van der Waals surface area contributed by atoms with Crippen LogP contribution in [0.4, 0.5) is 4.39 Å². The number of aromatic hydroxyl groups is 1. The van der Waals surface area contributed by atoms with Crippen molar-refractivity contribution in [2.75, 3.05) is 0 Å². The standard InChI is InChI=1S/C22H24FN5O4/c1-4-5-6-7-15-18(29)27(12-13-8-10-14(23)11-9-13)21-24-17-16(28(21)19(15)30)20(31)26(3)22(32)25(17)2/h8-11,30H,4-7,12H2,1-3H3. The van der Waals surface area contributed by atoms with Gasteiger partial charge in [0.25, 0.3) is 11.1 Å². The van der Waals surface area contributed by atoms with Crippen LogP contribution >= 0.6 is 0 Å². The molecule has 0 fully saturated rings. The van der Waals surface area contributed by atoms with Gasteiger partial charge in [0.2, 0.25) is 11.7 Å². The average Bonchev–Trinajstić information content (AvgIpc) is 3.18. The molecule has 3 aromatic heterocycles. The zero-order valence-corrected chi connectivity index (χ0v) is 18.1. The molecular formula is C22H24FN5O4. The number of hydrogen-bond donors (Lipinski definition) is 1. The molecule has 3 heterocycles. The minimum Gasteiger partial charge on any atom is -0.494 e. The molecule has 0 spiro atoms. The minimum absolute atomic E-state index is 0.00620. The van der Waals surface area contributed by atoms with E-state index in [4.69, 9.17) is 0 Å². The first kappa shape index (κ1) is 21.5. The molecule has 0 radical (unpaired) electrons. The van der Waals surface area contributed by atoms with E-state index in [9.17, 15) is 23.9 Å². The fourth-order valence-corrected chi connectivity index (χ4v) is 3.94. The van der Waals surface area contributed by atoms with Crippen LogP contribution in [0.1, 0.15) is 37.3 Å². The first-order chi connectivity index (χ1) is 15.3. The molecule has 1 aromatic carbocycles. The molecule has 0 bridgehead atoms. The molecule has 1 N–H and O–H groups in total. The number of benzene rings is 1. The third-order valence-electron chi connectivity index (χ3n) is 5.75. The van der Waals surface area contributed by atoms with Crippen LogP contribution in [0.5, 0.6) is 5.88 Å². The van der Waals surface area contributed by atoms with Crippen molar-refractivity contribution in [2.24, 2.45) is 14.1 Å². The third-order valence-corrected chi connectivity index (χ3v) is 5.75. The summed E-state index contributed by atoms with van der Waals surface area (Å²) in [6, 6.07) is 5.70. The van der Waals surface area contributed by atoms with E-state index in [0.29, 0.717) is 18.4 Å². The van der Waals surface area contributed by atoms with Gasteiger partial charge in [0.15, 0.2) is 11.2 Å². The van der Waals surface area contributed by atoms with Crippen LogP contribution in [0.2, 0.25) is 0 Å². The Kier molecular flexibility index (Phi) is 5.45. The molecule has 10 heteroatoms. The molecule has 0 saturated carbocycles. The van der Waals surface area contributed by atoms with Crippen LogP contribution in [-0.4, -0.2) is 28.2 Å². The summed E-state index contributed by atoms with van der Waals surface area (Å²) < 4.78 is 18.1. The van der Waals surface area contributed by atoms with Crippen molar-refractivity contribution in [1.82, 2.24) is 23.1 Å². The van der Waals surface area contributed by atoms with Crippen LogP contribution < -0.4 is 16.8 Å². The van der Waals surface area contributed by atoms with E-state index in [0.717, 1.165) is 17.4 Å². The molecule has 0 amide bonds. The van der Waals surface area contributed by atoms with Crippen molar-refractivity contribution in [3.63, 3.8) is 0 Å². The predicted octanol–water partition coefficient (Wildman–Crippen LogP) is 1.67. The maximum Gasteiger partial charge on any atom is 0.332 e. The van der Waals surface area contributed by atoms with Gasteiger partial charge >= 0.3 is 5.69 Å². The molecule has 32 heavy (non-hydrogen) atoms. The molecule has 4 rings (SSSR count). The number of hydrogen-bond acceptors (Lipinski definition) is 5. The normalized spacial score (nSPS) is 11.6. The SMILES string of the molecule is CCCCCc1c(O)n2c3c(=O)n(C)c(=O)n(C)c3nc2n(Cc2ccc(F)cc2)c1=O. The van der Waals surface area contributed by atoms with Crippen molar-refractivity contribution in [3.8, 4) is 5.88 Å². The second-order valence-corrected chi connectivity index (χ2v) is 7.90. The maximum absolute atomic E-state index is 13.4. The van der Waals surface area contributed by atoms with Crippen LogP contribution in [0, 0.1) is 5.82 Å². The molecule has 0 unspecified atom stereocenters. The Bertz CT molecular complexity index is 1510. The lowest BCUT2D eigenvalue weighted by atomic mass is 10.1. The third kappa shape index (κ3) is 3.31. The molecule has 0 saturated heterocycles. The van der Waals surface area contributed by atoms with Crippen molar-refractivity contribution in [2.45, 2.75) is 39.2 Å². The molecular weight excluding hydrogens is 417 g/mol. The van der Waals surface area contributed by atoms with Crippen molar-refractivity contribution in [1.29, 1.82) is 0 Å². The van der Waals surface area contributed by atoms with Gasteiger partial charge in [-0.1, -0.05) is 31.9 Å². The number of imidazole rings is 1. The molecule has 0 atom stereocenters. The predicted molar refractivity (Wildman–Crippen MR) is 118 cm³/mol.